The molecule has 3 heteroatoms. The van der Waals surface area contributed by atoms with Crippen LogP contribution in [0.2, 0.25) is 0 Å². The molecule has 0 bridgehead atoms. The second-order valence-corrected chi connectivity index (χ2v) is 3.51. The van der Waals surface area contributed by atoms with Crippen LogP contribution in [0.1, 0.15) is 26.7 Å². The average molecular weight is 184 g/mol. The molecule has 1 heterocycles. The minimum absolute atomic E-state index is 0.285. The summed E-state index contributed by atoms with van der Waals surface area (Å²) >= 11 is 0. The zero-order chi connectivity index (χ0) is 9.84. The summed E-state index contributed by atoms with van der Waals surface area (Å²) in [5, 5.41) is 0. The highest BCUT2D eigenvalue weighted by atomic mass is 16.5. The molecule has 1 aliphatic rings. The average Bonchev–Trinajstić information content (AvgIpc) is 2.00. The molecule has 1 rings (SSSR count). The number of carbonyl (C=O) groups excluding carboxylic acids is 1. The lowest BCUT2D eigenvalue weighted by atomic mass is 10.0. The maximum absolute atomic E-state index is 10.9. The smallest absolute Gasteiger partial charge is 0.333 e. The molecule has 0 radical (unpaired) electrons. The van der Waals surface area contributed by atoms with Crippen molar-refractivity contribution < 1.29 is 14.3 Å². The predicted octanol–water partition coefficient (Wildman–Crippen LogP) is 1.67. The minimum atomic E-state index is -0.313. The van der Waals surface area contributed by atoms with E-state index in [9.17, 15) is 4.79 Å². The molecule has 0 saturated carbocycles. The number of esters is 1. The van der Waals surface area contributed by atoms with Gasteiger partial charge in [-0.15, -0.1) is 0 Å². The molecule has 0 aromatic rings. The molecule has 3 nitrogen and oxygen atoms in total. The summed E-state index contributed by atoms with van der Waals surface area (Å²) in [6.45, 7) is 7.61. The van der Waals surface area contributed by atoms with Crippen LogP contribution in [0.25, 0.3) is 0 Å². The maximum atomic E-state index is 10.9. The largest absolute Gasteiger partial charge is 0.462 e. The van der Waals surface area contributed by atoms with E-state index >= 15 is 0 Å². The normalized spacial score (nSPS) is 26.3. The summed E-state index contributed by atoms with van der Waals surface area (Å²) in [7, 11) is 0. The fraction of sp³-hybridized carbons (Fsp3) is 0.700. The van der Waals surface area contributed by atoms with Gasteiger partial charge in [-0.05, 0) is 20.3 Å². The van der Waals surface area contributed by atoms with Crippen molar-refractivity contribution in [1.29, 1.82) is 0 Å². The fourth-order valence-electron chi connectivity index (χ4n) is 1.28. The highest BCUT2D eigenvalue weighted by Crippen LogP contribution is 2.22. The molecule has 1 aliphatic heterocycles. The Morgan fingerprint density at radius 2 is 2.31 bits per heavy atom. The van der Waals surface area contributed by atoms with Crippen molar-refractivity contribution in [3.63, 3.8) is 0 Å². The maximum Gasteiger partial charge on any atom is 0.333 e. The summed E-state index contributed by atoms with van der Waals surface area (Å²) in [4.78, 5) is 10.9. The van der Waals surface area contributed by atoms with E-state index in [0.29, 0.717) is 18.3 Å². The lowest BCUT2D eigenvalue weighted by Crippen LogP contribution is -2.35. The van der Waals surface area contributed by atoms with E-state index in [1.54, 1.807) is 6.92 Å². The first-order chi connectivity index (χ1) is 6.09. The fourth-order valence-corrected chi connectivity index (χ4v) is 1.28. The highest BCUT2D eigenvalue weighted by Gasteiger charge is 2.25. The SMILES string of the molecule is C=C(C)C(=O)OCCC1CC(C)O1. The Morgan fingerprint density at radius 1 is 1.69 bits per heavy atom. The lowest BCUT2D eigenvalue weighted by Gasteiger charge is -2.33. The number of ether oxygens (including phenoxy) is 2. The van der Waals surface area contributed by atoms with Gasteiger partial charge in [0.1, 0.15) is 0 Å². The van der Waals surface area contributed by atoms with Crippen LogP contribution in [0.15, 0.2) is 12.2 Å². The zero-order valence-corrected chi connectivity index (χ0v) is 8.21. The molecular formula is C10H16O3. The first-order valence-corrected chi connectivity index (χ1v) is 4.57. The van der Waals surface area contributed by atoms with Crippen LogP contribution in [-0.2, 0) is 14.3 Å². The van der Waals surface area contributed by atoms with E-state index in [-0.39, 0.29) is 12.1 Å². The predicted molar refractivity (Wildman–Crippen MR) is 49.3 cm³/mol. The van der Waals surface area contributed by atoms with Gasteiger partial charge in [-0.1, -0.05) is 6.58 Å². The summed E-state index contributed by atoms with van der Waals surface area (Å²) in [5.41, 5.74) is 0.447. The molecule has 0 aliphatic carbocycles. The van der Waals surface area contributed by atoms with Crippen molar-refractivity contribution in [2.75, 3.05) is 6.61 Å². The molecule has 0 amide bonds. The monoisotopic (exact) mass is 184 g/mol. The second kappa shape index (κ2) is 4.42. The molecule has 2 unspecified atom stereocenters. The molecule has 0 spiro atoms. The molecule has 0 N–H and O–H groups in total. The van der Waals surface area contributed by atoms with Crippen LogP contribution in [0, 0.1) is 0 Å². The zero-order valence-electron chi connectivity index (χ0n) is 8.21. The Bertz CT molecular complexity index is 204. The van der Waals surface area contributed by atoms with E-state index < -0.39 is 0 Å². The third-order valence-electron chi connectivity index (χ3n) is 2.04. The van der Waals surface area contributed by atoms with Crippen LogP contribution in [-0.4, -0.2) is 24.8 Å². The molecule has 1 saturated heterocycles. The number of rotatable bonds is 4. The Kier molecular flexibility index (Phi) is 3.48. The van der Waals surface area contributed by atoms with Crippen molar-refractivity contribution >= 4 is 5.97 Å². The Labute approximate surface area is 78.7 Å². The summed E-state index contributed by atoms with van der Waals surface area (Å²) in [6, 6.07) is 0. The van der Waals surface area contributed by atoms with Crippen LogP contribution in [0.4, 0.5) is 0 Å². The summed E-state index contributed by atoms with van der Waals surface area (Å²) < 4.78 is 10.3. The van der Waals surface area contributed by atoms with E-state index in [4.69, 9.17) is 9.47 Å². The summed E-state index contributed by atoms with van der Waals surface area (Å²) in [6.07, 6.45) is 2.53. The van der Waals surface area contributed by atoms with Gasteiger partial charge < -0.3 is 9.47 Å². The minimum Gasteiger partial charge on any atom is -0.462 e. The van der Waals surface area contributed by atoms with Gasteiger partial charge in [0.15, 0.2) is 0 Å². The van der Waals surface area contributed by atoms with Crippen LogP contribution < -0.4 is 0 Å². The molecule has 0 aromatic carbocycles. The van der Waals surface area contributed by atoms with Crippen molar-refractivity contribution in [2.45, 2.75) is 38.9 Å². The van der Waals surface area contributed by atoms with Gasteiger partial charge >= 0.3 is 5.97 Å². The number of hydrogen-bond acceptors (Lipinski definition) is 3. The molecule has 2 atom stereocenters. The van der Waals surface area contributed by atoms with Gasteiger partial charge in [0.05, 0.1) is 18.8 Å². The van der Waals surface area contributed by atoms with Crippen LogP contribution in [0.5, 0.6) is 0 Å². The third-order valence-corrected chi connectivity index (χ3v) is 2.04. The van der Waals surface area contributed by atoms with Gasteiger partial charge in [-0.2, -0.15) is 0 Å². The van der Waals surface area contributed by atoms with E-state index in [1.165, 1.54) is 0 Å². The van der Waals surface area contributed by atoms with Crippen LogP contribution >= 0.6 is 0 Å². The van der Waals surface area contributed by atoms with Gasteiger partial charge in [0.25, 0.3) is 0 Å². The van der Waals surface area contributed by atoms with Crippen molar-refractivity contribution in [2.24, 2.45) is 0 Å². The second-order valence-electron chi connectivity index (χ2n) is 3.51. The number of hydrogen-bond donors (Lipinski definition) is 0. The Morgan fingerprint density at radius 3 is 2.77 bits per heavy atom. The van der Waals surface area contributed by atoms with Crippen molar-refractivity contribution in [3.05, 3.63) is 12.2 Å². The van der Waals surface area contributed by atoms with Gasteiger partial charge in [-0.25, -0.2) is 4.79 Å². The molecule has 74 valence electrons. The molecule has 1 fully saturated rings. The van der Waals surface area contributed by atoms with Crippen molar-refractivity contribution in [3.8, 4) is 0 Å². The standard InChI is InChI=1S/C10H16O3/c1-7(2)10(11)12-5-4-9-6-8(3)13-9/h8-9H,1,4-6H2,2-3H3. The third kappa shape index (κ3) is 3.19. The molecule has 0 aromatic heterocycles. The van der Waals surface area contributed by atoms with Gasteiger partial charge in [-0.3, -0.25) is 0 Å². The lowest BCUT2D eigenvalue weighted by molar-refractivity contribution is -0.145. The molecule has 13 heavy (non-hydrogen) atoms. The van der Waals surface area contributed by atoms with E-state index in [1.807, 2.05) is 6.92 Å². The Balaban J connectivity index is 2.01. The first-order valence-electron chi connectivity index (χ1n) is 4.57. The van der Waals surface area contributed by atoms with Crippen molar-refractivity contribution in [1.82, 2.24) is 0 Å². The summed E-state index contributed by atoms with van der Waals surface area (Å²) in [5.74, 6) is -0.313. The van der Waals surface area contributed by atoms with E-state index in [0.717, 1.165) is 12.8 Å². The van der Waals surface area contributed by atoms with Gasteiger partial charge in [0, 0.05) is 12.0 Å². The Hall–Kier alpha value is -0.830. The van der Waals surface area contributed by atoms with E-state index in [2.05, 4.69) is 6.58 Å². The van der Waals surface area contributed by atoms with Gasteiger partial charge in [0.2, 0.25) is 0 Å². The van der Waals surface area contributed by atoms with Crippen LogP contribution in [0.3, 0.4) is 0 Å². The highest BCUT2D eigenvalue weighted by molar-refractivity contribution is 5.86. The first kappa shape index (κ1) is 10.3. The quantitative estimate of drug-likeness (QED) is 0.492. The number of carbonyl (C=O) groups is 1. The molecular weight excluding hydrogens is 168 g/mol. The topological polar surface area (TPSA) is 35.5 Å².